The normalized spacial score (nSPS) is 11.0. The van der Waals surface area contributed by atoms with Crippen molar-refractivity contribution in [1.29, 1.82) is 5.26 Å². The van der Waals surface area contributed by atoms with Gasteiger partial charge in [0.25, 0.3) is 0 Å². The Labute approximate surface area is 169 Å². The molecule has 4 rings (SSSR count). The Hall–Kier alpha value is -2.59. The van der Waals surface area contributed by atoms with Crippen molar-refractivity contribution in [2.24, 2.45) is 0 Å². The van der Waals surface area contributed by atoms with E-state index in [0.717, 1.165) is 42.3 Å². The number of nitriles is 1. The molecule has 0 aliphatic heterocycles. The molecule has 0 spiro atoms. The van der Waals surface area contributed by atoms with Gasteiger partial charge in [-0.1, -0.05) is 68.1 Å². The molecule has 0 amide bonds. The van der Waals surface area contributed by atoms with E-state index in [9.17, 15) is 5.26 Å². The summed E-state index contributed by atoms with van der Waals surface area (Å²) in [5.74, 6) is 6.20. The average Bonchev–Trinajstić information content (AvgIpc) is 2.96. The van der Waals surface area contributed by atoms with Crippen LogP contribution >= 0.6 is 31.9 Å². The summed E-state index contributed by atoms with van der Waals surface area (Å²) in [7, 11) is 0. The minimum absolute atomic E-state index is 0.477. The van der Waals surface area contributed by atoms with Gasteiger partial charge in [0.1, 0.15) is 11.6 Å². The van der Waals surface area contributed by atoms with Gasteiger partial charge in [-0.3, -0.25) is 0 Å². The number of nitrogens with zero attached hydrogens (tertiary/aromatic N) is 1. The second-order valence-electron chi connectivity index (χ2n) is 5.86. The van der Waals surface area contributed by atoms with Crippen molar-refractivity contribution in [1.82, 2.24) is 0 Å². The summed E-state index contributed by atoms with van der Waals surface area (Å²) in [6.45, 7) is 0. The van der Waals surface area contributed by atoms with Gasteiger partial charge >= 0.3 is 0 Å². The zero-order chi connectivity index (χ0) is 18.1. The van der Waals surface area contributed by atoms with Gasteiger partial charge in [0, 0.05) is 20.1 Å². The molecular weight excluding hydrogens is 450 g/mol. The molecule has 0 unspecified atom stereocenters. The number of benzene rings is 3. The molecule has 3 heteroatoms. The molecule has 1 aliphatic rings. The second kappa shape index (κ2) is 6.96. The van der Waals surface area contributed by atoms with Crippen LogP contribution in [0.4, 0.5) is 0 Å². The van der Waals surface area contributed by atoms with Gasteiger partial charge in [0.15, 0.2) is 0 Å². The van der Waals surface area contributed by atoms with Gasteiger partial charge in [-0.05, 0) is 64.6 Å². The molecule has 0 aromatic heterocycles. The SMILES string of the molecule is N#CC(C#Cc1ccccc1)=C1c2cc(Br)ccc2-c2ccc(Br)cc21. The van der Waals surface area contributed by atoms with Crippen LogP contribution in [0.5, 0.6) is 0 Å². The summed E-state index contributed by atoms with van der Waals surface area (Å²) in [6.07, 6.45) is 0. The van der Waals surface area contributed by atoms with Crippen LogP contribution in [0.1, 0.15) is 16.7 Å². The molecule has 0 N–H and O–H groups in total. The third-order valence-corrected chi connectivity index (χ3v) is 5.25. The number of rotatable bonds is 0. The molecule has 3 aromatic carbocycles. The van der Waals surface area contributed by atoms with E-state index >= 15 is 0 Å². The molecule has 0 radical (unpaired) electrons. The van der Waals surface area contributed by atoms with Crippen LogP contribution < -0.4 is 0 Å². The third-order valence-electron chi connectivity index (χ3n) is 4.26. The lowest BCUT2D eigenvalue weighted by Gasteiger charge is -2.04. The minimum Gasteiger partial charge on any atom is -0.192 e. The molecule has 1 nitrogen and oxygen atoms in total. The Bertz CT molecular complexity index is 1100. The van der Waals surface area contributed by atoms with Gasteiger partial charge < -0.3 is 0 Å². The first kappa shape index (κ1) is 16.9. The molecule has 122 valence electrons. The lowest BCUT2D eigenvalue weighted by molar-refractivity contribution is 1.50. The highest BCUT2D eigenvalue weighted by Crippen LogP contribution is 2.47. The van der Waals surface area contributed by atoms with E-state index in [-0.39, 0.29) is 0 Å². The fourth-order valence-corrected chi connectivity index (χ4v) is 3.86. The van der Waals surface area contributed by atoms with Gasteiger partial charge in [-0.25, -0.2) is 0 Å². The highest BCUT2D eigenvalue weighted by Gasteiger charge is 2.26. The van der Waals surface area contributed by atoms with Crippen LogP contribution in [-0.2, 0) is 0 Å². The van der Waals surface area contributed by atoms with Crippen LogP contribution in [-0.4, -0.2) is 0 Å². The first-order chi connectivity index (χ1) is 12.7. The summed E-state index contributed by atoms with van der Waals surface area (Å²) in [5, 5.41) is 9.82. The van der Waals surface area contributed by atoms with Crippen molar-refractivity contribution in [2.75, 3.05) is 0 Å². The predicted molar refractivity (Wildman–Crippen MR) is 112 cm³/mol. The Balaban J connectivity index is 1.99. The second-order valence-corrected chi connectivity index (χ2v) is 7.69. The van der Waals surface area contributed by atoms with Crippen molar-refractivity contribution in [3.8, 4) is 29.0 Å². The summed E-state index contributed by atoms with van der Waals surface area (Å²) in [4.78, 5) is 0. The van der Waals surface area contributed by atoms with E-state index < -0.39 is 0 Å². The van der Waals surface area contributed by atoms with Crippen molar-refractivity contribution in [3.05, 3.63) is 97.9 Å². The Morgan fingerprint density at radius 3 is 1.85 bits per heavy atom. The van der Waals surface area contributed by atoms with E-state index in [0.29, 0.717) is 5.57 Å². The van der Waals surface area contributed by atoms with Gasteiger partial charge in [-0.15, -0.1) is 0 Å². The molecule has 3 aromatic rings. The largest absolute Gasteiger partial charge is 0.192 e. The Morgan fingerprint density at radius 2 is 1.31 bits per heavy atom. The van der Waals surface area contributed by atoms with Crippen molar-refractivity contribution in [3.63, 3.8) is 0 Å². The minimum atomic E-state index is 0.477. The van der Waals surface area contributed by atoms with Crippen LogP contribution in [0.2, 0.25) is 0 Å². The summed E-state index contributed by atoms with van der Waals surface area (Å²) < 4.78 is 1.96. The van der Waals surface area contributed by atoms with E-state index in [1.54, 1.807) is 0 Å². The smallest absolute Gasteiger partial charge is 0.111 e. The molecule has 0 bridgehead atoms. The molecular formula is C23H11Br2N. The lowest BCUT2D eigenvalue weighted by Crippen LogP contribution is -1.88. The molecule has 1 aliphatic carbocycles. The van der Waals surface area contributed by atoms with Crippen molar-refractivity contribution >= 4 is 37.4 Å². The van der Waals surface area contributed by atoms with Gasteiger partial charge in [0.2, 0.25) is 0 Å². The standard InChI is InChI=1S/C23H11Br2N/c24-17-8-10-19-20-11-9-18(25)13-22(20)23(21(19)12-17)16(14-26)7-6-15-4-2-1-3-5-15/h1-5,8-13H. The molecule has 0 saturated heterocycles. The number of halogens is 2. The first-order valence-electron chi connectivity index (χ1n) is 7.99. The molecule has 0 saturated carbocycles. The van der Waals surface area contributed by atoms with Crippen LogP contribution in [0.15, 0.2) is 81.2 Å². The van der Waals surface area contributed by atoms with Crippen LogP contribution in [0.3, 0.4) is 0 Å². The zero-order valence-electron chi connectivity index (χ0n) is 13.6. The van der Waals surface area contributed by atoms with E-state index in [2.05, 4.69) is 74.0 Å². The topological polar surface area (TPSA) is 23.8 Å². The van der Waals surface area contributed by atoms with Crippen molar-refractivity contribution < 1.29 is 0 Å². The lowest BCUT2D eigenvalue weighted by atomic mass is 9.98. The van der Waals surface area contributed by atoms with Gasteiger partial charge in [0.05, 0.1) is 0 Å². The maximum Gasteiger partial charge on any atom is 0.111 e. The van der Waals surface area contributed by atoms with E-state index in [1.165, 1.54) is 0 Å². The number of hydrogen-bond donors (Lipinski definition) is 0. The fourth-order valence-electron chi connectivity index (χ4n) is 3.13. The summed E-state index contributed by atoms with van der Waals surface area (Å²) in [6, 6.07) is 24.3. The van der Waals surface area contributed by atoms with Crippen molar-refractivity contribution in [2.45, 2.75) is 0 Å². The fraction of sp³-hybridized carbons (Fsp3) is 0. The van der Waals surface area contributed by atoms with Crippen LogP contribution in [0.25, 0.3) is 16.7 Å². The monoisotopic (exact) mass is 459 g/mol. The molecule has 26 heavy (non-hydrogen) atoms. The number of hydrogen-bond acceptors (Lipinski definition) is 1. The maximum atomic E-state index is 9.82. The number of fused-ring (bicyclic) bond motifs is 3. The Kier molecular flexibility index (Phi) is 4.51. The zero-order valence-corrected chi connectivity index (χ0v) is 16.7. The van der Waals surface area contributed by atoms with E-state index in [4.69, 9.17) is 0 Å². The average molecular weight is 461 g/mol. The van der Waals surface area contributed by atoms with Gasteiger partial charge in [-0.2, -0.15) is 5.26 Å². The predicted octanol–water partition coefficient (Wildman–Crippen LogP) is 6.57. The molecule has 0 fully saturated rings. The quantitative estimate of drug-likeness (QED) is 0.215. The summed E-state index contributed by atoms with van der Waals surface area (Å²) in [5.41, 5.74) is 6.58. The maximum absolute atomic E-state index is 9.82. The highest BCUT2D eigenvalue weighted by atomic mass is 79.9. The Morgan fingerprint density at radius 1 is 0.731 bits per heavy atom. The molecule has 0 heterocycles. The van der Waals surface area contributed by atoms with E-state index in [1.807, 2.05) is 42.5 Å². The first-order valence-corrected chi connectivity index (χ1v) is 9.57. The summed E-state index contributed by atoms with van der Waals surface area (Å²) >= 11 is 7.10. The number of allylic oxidation sites excluding steroid dienone is 1. The highest BCUT2D eigenvalue weighted by molar-refractivity contribution is 9.10. The molecule has 0 atom stereocenters. The third kappa shape index (κ3) is 3.01. The van der Waals surface area contributed by atoms with Crippen LogP contribution in [0, 0.1) is 23.2 Å².